The minimum atomic E-state index is -0.250. The van der Waals surface area contributed by atoms with Gasteiger partial charge in [-0.05, 0) is 42.1 Å². The van der Waals surface area contributed by atoms with Crippen molar-refractivity contribution in [2.75, 3.05) is 6.61 Å². The first-order chi connectivity index (χ1) is 9.70. The largest absolute Gasteiger partial charge is 0.504 e. The molecule has 0 aliphatic rings. The fraction of sp³-hybridized carbons (Fsp3) is 0.143. The van der Waals surface area contributed by atoms with Crippen molar-refractivity contribution in [2.24, 2.45) is 5.10 Å². The molecule has 1 heterocycles. The molecule has 1 amide bonds. The highest BCUT2D eigenvalue weighted by molar-refractivity contribution is 7.12. The summed E-state index contributed by atoms with van der Waals surface area (Å²) in [6.07, 6.45) is 1.49. The molecule has 0 radical (unpaired) electrons. The van der Waals surface area contributed by atoms with E-state index >= 15 is 0 Å². The summed E-state index contributed by atoms with van der Waals surface area (Å²) < 4.78 is 5.27. The Morgan fingerprint density at radius 3 is 3.05 bits per heavy atom. The predicted molar refractivity (Wildman–Crippen MR) is 78.7 cm³/mol. The van der Waals surface area contributed by atoms with Gasteiger partial charge in [-0.1, -0.05) is 6.07 Å². The fourth-order valence-corrected chi connectivity index (χ4v) is 2.12. The third kappa shape index (κ3) is 3.58. The normalized spacial score (nSPS) is 10.7. The Kier molecular flexibility index (Phi) is 4.73. The van der Waals surface area contributed by atoms with Gasteiger partial charge in [0.1, 0.15) is 0 Å². The molecule has 0 unspecified atom stereocenters. The van der Waals surface area contributed by atoms with E-state index in [1.807, 2.05) is 12.3 Å². The highest BCUT2D eigenvalue weighted by atomic mass is 32.1. The fourth-order valence-electron chi connectivity index (χ4n) is 1.51. The first-order valence-corrected chi connectivity index (χ1v) is 6.91. The molecular weight excluding hydrogens is 276 g/mol. The topological polar surface area (TPSA) is 70.9 Å². The number of amides is 1. The van der Waals surface area contributed by atoms with Gasteiger partial charge in [-0.2, -0.15) is 5.10 Å². The van der Waals surface area contributed by atoms with Crippen LogP contribution in [0.4, 0.5) is 0 Å². The number of nitrogens with zero attached hydrogens (tertiary/aromatic N) is 1. The van der Waals surface area contributed by atoms with Crippen LogP contribution in [0.25, 0.3) is 0 Å². The summed E-state index contributed by atoms with van der Waals surface area (Å²) in [5.41, 5.74) is 3.16. The third-order valence-electron chi connectivity index (χ3n) is 2.41. The number of thiophene rings is 1. The van der Waals surface area contributed by atoms with Crippen LogP contribution in [0.5, 0.6) is 11.5 Å². The molecule has 2 N–H and O–H groups in total. The zero-order chi connectivity index (χ0) is 14.4. The van der Waals surface area contributed by atoms with Crippen molar-refractivity contribution >= 4 is 23.5 Å². The van der Waals surface area contributed by atoms with E-state index in [0.29, 0.717) is 17.2 Å². The average Bonchev–Trinajstić information content (AvgIpc) is 2.96. The van der Waals surface area contributed by atoms with Gasteiger partial charge in [0.25, 0.3) is 5.91 Å². The van der Waals surface area contributed by atoms with Crippen LogP contribution in [0.2, 0.25) is 0 Å². The van der Waals surface area contributed by atoms with Crippen molar-refractivity contribution in [1.29, 1.82) is 0 Å². The molecule has 0 aliphatic carbocycles. The summed E-state index contributed by atoms with van der Waals surface area (Å²) in [7, 11) is 0. The van der Waals surface area contributed by atoms with Crippen LogP contribution >= 0.6 is 11.3 Å². The number of carbonyl (C=O) groups is 1. The van der Waals surface area contributed by atoms with Crippen molar-refractivity contribution in [2.45, 2.75) is 6.92 Å². The Bertz CT molecular complexity index is 609. The van der Waals surface area contributed by atoms with Crippen molar-refractivity contribution in [1.82, 2.24) is 5.43 Å². The molecule has 0 saturated carbocycles. The minimum absolute atomic E-state index is 0.0756. The number of rotatable bonds is 5. The molecular formula is C14H14N2O3S. The maximum atomic E-state index is 11.6. The molecule has 5 nitrogen and oxygen atoms in total. The molecule has 1 aromatic heterocycles. The number of nitrogens with one attached hydrogen (secondary N) is 1. The van der Waals surface area contributed by atoms with Gasteiger partial charge in [0, 0.05) is 0 Å². The highest BCUT2D eigenvalue weighted by Gasteiger charge is 2.04. The van der Waals surface area contributed by atoms with Gasteiger partial charge in [-0.25, -0.2) is 5.43 Å². The van der Waals surface area contributed by atoms with Gasteiger partial charge in [-0.15, -0.1) is 11.3 Å². The van der Waals surface area contributed by atoms with E-state index in [1.165, 1.54) is 23.6 Å². The van der Waals surface area contributed by atoms with Crippen LogP contribution in [0.1, 0.15) is 22.2 Å². The molecule has 104 valence electrons. The quantitative estimate of drug-likeness (QED) is 0.657. The summed E-state index contributed by atoms with van der Waals surface area (Å²) >= 11 is 1.35. The smallest absolute Gasteiger partial charge is 0.281 e. The SMILES string of the molecule is CCOc1cc(/C=N/NC(=O)c2cccs2)ccc1O. The summed E-state index contributed by atoms with van der Waals surface area (Å²) in [5.74, 6) is 0.215. The van der Waals surface area contributed by atoms with Crippen LogP contribution in [0, 0.1) is 0 Å². The number of benzene rings is 1. The molecule has 0 saturated heterocycles. The van der Waals surface area contributed by atoms with E-state index in [0.717, 1.165) is 5.56 Å². The number of ether oxygens (including phenoxy) is 1. The molecule has 20 heavy (non-hydrogen) atoms. The lowest BCUT2D eigenvalue weighted by Crippen LogP contribution is -2.16. The number of phenolic OH excluding ortho intramolecular Hbond substituents is 1. The van der Waals surface area contributed by atoms with E-state index in [1.54, 1.807) is 24.3 Å². The molecule has 2 rings (SSSR count). The number of hydrogen-bond acceptors (Lipinski definition) is 5. The Labute approximate surface area is 120 Å². The zero-order valence-corrected chi connectivity index (χ0v) is 11.7. The van der Waals surface area contributed by atoms with Crippen molar-refractivity contribution in [3.05, 3.63) is 46.2 Å². The molecule has 2 aromatic rings. The van der Waals surface area contributed by atoms with E-state index in [2.05, 4.69) is 10.5 Å². The van der Waals surface area contributed by atoms with E-state index in [-0.39, 0.29) is 11.7 Å². The lowest BCUT2D eigenvalue weighted by atomic mass is 10.2. The molecule has 1 aromatic carbocycles. The molecule has 0 fully saturated rings. The van der Waals surface area contributed by atoms with Gasteiger partial charge in [-0.3, -0.25) is 4.79 Å². The second-order valence-corrected chi connectivity index (χ2v) is 4.78. The Hall–Kier alpha value is -2.34. The summed E-state index contributed by atoms with van der Waals surface area (Å²) in [4.78, 5) is 12.2. The van der Waals surface area contributed by atoms with E-state index in [4.69, 9.17) is 4.74 Å². The number of carbonyl (C=O) groups excluding carboxylic acids is 1. The number of aromatic hydroxyl groups is 1. The highest BCUT2D eigenvalue weighted by Crippen LogP contribution is 2.26. The number of hydrazone groups is 1. The maximum absolute atomic E-state index is 11.6. The molecule has 0 bridgehead atoms. The van der Waals surface area contributed by atoms with Crippen LogP contribution < -0.4 is 10.2 Å². The van der Waals surface area contributed by atoms with E-state index < -0.39 is 0 Å². The van der Waals surface area contributed by atoms with Crippen molar-refractivity contribution in [3.63, 3.8) is 0 Å². The minimum Gasteiger partial charge on any atom is -0.504 e. The van der Waals surface area contributed by atoms with Gasteiger partial charge in [0.05, 0.1) is 17.7 Å². The van der Waals surface area contributed by atoms with E-state index in [9.17, 15) is 9.90 Å². The average molecular weight is 290 g/mol. The molecule has 0 atom stereocenters. The van der Waals surface area contributed by atoms with Crippen molar-refractivity contribution in [3.8, 4) is 11.5 Å². The molecule has 6 heteroatoms. The molecule has 0 spiro atoms. The summed E-state index contributed by atoms with van der Waals surface area (Å²) in [5, 5.41) is 15.3. The van der Waals surface area contributed by atoms with Crippen LogP contribution in [0.3, 0.4) is 0 Å². The lowest BCUT2D eigenvalue weighted by molar-refractivity contribution is 0.0959. The van der Waals surface area contributed by atoms with Crippen LogP contribution in [0.15, 0.2) is 40.8 Å². The number of phenols is 1. The van der Waals surface area contributed by atoms with Gasteiger partial charge in [0.15, 0.2) is 11.5 Å². The Balaban J connectivity index is 2.01. The second kappa shape index (κ2) is 6.72. The lowest BCUT2D eigenvalue weighted by Gasteiger charge is -2.05. The Morgan fingerprint density at radius 1 is 1.50 bits per heavy atom. The van der Waals surface area contributed by atoms with Gasteiger partial charge < -0.3 is 9.84 Å². The summed E-state index contributed by atoms with van der Waals surface area (Å²) in [6.45, 7) is 2.30. The van der Waals surface area contributed by atoms with Gasteiger partial charge in [0.2, 0.25) is 0 Å². The maximum Gasteiger partial charge on any atom is 0.281 e. The third-order valence-corrected chi connectivity index (χ3v) is 3.28. The van der Waals surface area contributed by atoms with Gasteiger partial charge >= 0.3 is 0 Å². The Morgan fingerprint density at radius 2 is 2.35 bits per heavy atom. The van der Waals surface area contributed by atoms with Crippen molar-refractivity contribution < 1.29 is 14.6 Å². The van der Waals surface area contributed by atoms with Crippen LogP contribution in [-0.2, 0) is 0 Å². The zero-order valence-electron chi connectivity index (χ0n) is 10.9. The van der Waals surface area contributed by atoms with Crippen LogP contribution in [-0.4, -0.2) is 23.8 Å². The predicted octanol–water partition coefficient (Wildman–Crippen LogP) is 2.62. The monoisotopic (exact) mass is 290 g/mol. The summed E-state index contributed by atoms with van der Waals surface area (Å²) in [6, 6.07) is 8.38. The molecule has 0 aliphatic heterocycles. The standard InChI is InChI=1S/C14H14N2O3S/c1-2-19-12-8-10(5-6-11(12)17)9-15-16-14(18)13-4-3-7-20-13/h3-9,17H,2H2,1H3,(H,16,18)/b15-9+. The first-order valence-electron chi connectivity index (χ1n) is 6.03. The first kappa shape index (κ1) is 14.1. The second-order valence-electron chi connectivity index (χ2n) is 3.84. The number of hydrogen-bond donors (Lipinski definition) is 2.